The maximum atomic E-state index is 14.7. The van der Waals surface area contributed by atoms with Crippen molar-refractivity contribution in [3.8, 4) is 0 Å². The number of halogens is 7. The van der Waals surface area contributed by atoms with Crippen LogP contribution in [0.2, 0.25) is 15.1 Å². The Hall–Kier alpha value is -0.200. The maximum Gasteiger partial charge on any atom is 0.399 e. The van der Waals surface area contributed by atoms with Crippen molar-refractivity contribution in [3.63, 3.8) is 0 Å². The van der Waals surface area contributed by atoms with E-state index in [1.807, 2.05) is 13.0 Å². The molecule has 0 aliphatic rings. The normalized spacial score (nSPS) is 15.4. The lowest BCUT2D eigenvalue weighted by atomic mass is 9.65. The summed E-state index contributed by atoms with van der Waals surface area (Å²) in [6, 6.07) is 4.40. The maximum absolute atomic E-state index is 14.7. The standard InChI is InChI=1S/C20H19BrCl3F3S/c1-5-12(4)19(20(25,26)27,13-7-14(22)17(24)15(23)8-13)9-11(3)16-6-10(2)18(21)28-16/h6-8,12H,3,5,9H2,1-2,4H3. The molecular weight excluding hydrogens is 516 g/mol. The monoisotopic (exact) mass is 532 g/mol. The van der Waals surface area contributed by atoms with E-state index < -0.39 is 17.5 Å². The fourth-order valence-corrected chi connectivity index (χ4v) is 5.42. The van der Waals surface area contributed by atoms with Crippen LogP contribution in [0.3, 0.4) is 0 Å². The lowest BCUT2D eigenvalue weighted by Gasteiger charge is -2.42. The van der Waals surface area contributed by atoms with Gasteiger partial charge in [0.05, 0.1) is 24.3 Å². The summed E-state index contributed by atoms with van der Waals surface area (Å²) in [5.41, 5.74) is -0.818. The molecule has 0 radical (unpaired) electrons. The Balaban J connectivity index is 2.69. The number of alkyl halides is 3. The van der Waals surface area contributed by atoms with Gasteiger partial charge in [-0.2, -0.15) is 13.2 Å². The van der Waals surface area contributed by atoms with Crippen LogP contribution in [0, 0.1) is 12.8 Å². The fraction of sp³-hybridized carbons (Fsp3) is 0.400. The molecule has 0 spiro atoms. The Bertz CT molecular complexity index is 849. The van der Waals surface area contributed by atoms with Gasteiger partial charge in [0.25, 0.3) is 0 Å². The number of benzene rings is 1. The van der Waals surface area contributed by atoms with Crippen molar-refractivity contribution in [1.29, 1.82) is 0 Å². The van der Waals surface area contributed by atoms with Crippen molar-refractivity contribution >= 4 is 67.6 Å². The molecule has 0 aliphatic carbocycles. The number of hydrogen-bond donors (Lipinski definition) is 0. The quantitative estimate of drug-likeness (QED) is 0.324. The molecule has 0 bridgehead atoms. The van der Waals surface area contributed by atoms with E-state index in [9.17, 15) is 13.2 Å². The van der Waals surface area contributed by atoms with E-state index in [0.29, 0.717) is 16.9 Å². The molecule has 1 aromatic carbocycles. The second kappa shape index (κ2) is 8.89. The summed E-state index contributed by atoms with van der Waals surface area (Å²) in [5.74, 6) is -0.734. The van der Waals surface area contributed by atoms with Gasteiger partial charge >= 0.3 is 6.18 Å². The summed E-state index contributed by atoms with van der Waals surface area (Å²) in [6.45, 7) is 9.20. The molecule has 0 saturated heterocycles. The number of allylic oxidation sites excluding steroid dienone is 1. The lowest BCUT2D eigenvalue weighted by Crippen LogP contribution is -2.47. The van der Waals surface area contributed by atoms with Crippen LogP contribution >= 0.6 is 62.1 Å². The molecule has 0 saturated carbocycles. The molecule has 2 aromatic rings. The average molecular weight is 535 g/mol. The Morgan fingerprint density at radius 2 is 1.71 bits per heavy atom. The molecule has 0 aliphatic heterocycles. The molecule has 154 valence electrons. The molecule has 0 amide bonds. The first-order chi connectivity index (χ1) is 12.8. The van der Waals surface area contributed by atoms with Crippen molar-refractivity contribution < 1.29 is 13.2 Å². The van der Waals surface area contributed by atoms with Crippen LogP contribution in [0.4, 0.5) is 13.2 Å². The minimum absolute atomic E-state index is 0.00131. The van der Waals surface area contributed by atoms with Gasteiger partial charge in [0.15, 0.2) is 0 Å². The summed E-state index contributed by atoms with van der Waals surface area (Å²) >= 11 is 23.0. The van der Waals surface area contributed by atoms with E-state index in [0.717, 1.165) is 9.35 Å². The minimum atomic E-state index is -4.55. The lowest BCUT2D eigenvalue weighted by molar-refractivity contribution is -0.204. The van der Waals surface area contributed by atoms with E-state index >= 15 is 0 Å². The Kier molecular flexibility index (Phi) is 7.64. The summed E-state index contributed by atoms with van der Waals surface area (Å²) in [5, 5.41) is 0.0480. The van der Waals surface area contributed by atoms with Crippen LogP contribution in [-0.2, 0) is 5.41 Å². The first-order valence-electron chi connectivity index (χ1n) is 8.51. The van der Waals surface area contributed by atoms with Gasteiger partial charge in [-0.3, -0.25) is 0 Å². The van der Waals surface area contributed by atoms with Crippen molar-refractivity contribution in [3.05, 3.63) is 59.6 Å². The van der Waals surface area contributed by atoms with Crippen LogP contribution in [0.5, 0.6) is 0 Å². The topological polar surface area (TPSA) is 0 Å². The molecule has 2 unspecified atom stereocenters. The second-order valence-electron chi connectivity index (χ2n) is 6.88. The van der Waals surface area contributed by atoms with Crippen molar-refractivity contribution in [2.24, 2.45) is 5.92 Å². The van der Waals surface area contributed by atoms with Crippen LogP contribution in [0.25, 0.3) is 5.57 Å². The molecule has 0 N–H and O–H groups in total. The molecular formula is C20H19BrCl3F3S. The largest absolute Gasteiger partial charge is 0.399 e. The van der Waals surface area contributed by atoms with Crippen LogP contribution in [0.15, 0.2) is 28.6 Å². The summed E-state index contributed by atoms with van der Waals surface area (Å²) < 4.78 is 44.8. The van der Waals surface area contributed by atoms with Gasteiger partial charge in [-0.25, -0.2) is 0 Å². The third-order valence-electron chi connectivity index (χ3n) is 5.16. The van der Waals surface area contributed by atoms with Crippen LogP contribution in [-0.4, -0.2) is 6.18 Å². The van der Waals surface area contributed by atoms with Gasteiger partial charge in [0, 0.05) is 4.88 Å². The molecule has 8 heteroatoms. The van der Waals surface area contributed by atoms with Gasteiger partial charge in [-0.1, -0.05) is 61.7 Å². The molecule has 2 atom stereocenters. The van der Waals surface area contributed by atoms with Gasteiger partial charge in [0.1, 0.15) is 0 Å². The molecule has 28 heavy (non-hydrogen) atoms. The van der Waals surface area contributed by atoms with E-state index in [-0.39, 0.29) is 27.1 Å². The zero-order valence-electron chi connectivity index (χ0n) is 15.5. The highest BCUT2D eigenvalue weighted by Gasteiger charge is 2.58. The summed E-state index contributed by atoms with van der Waals surface area (Å²) in [6.07, 6.45) is -4.53. The van der Waals surface area contributed by atoms with Crippen LogP contribution < -0.4 is 0 Å². The smallest absolute Gasteiger partial charge is 0.170 e. The predicted octanol–water partition coefficient (Wildman–Crippen LogP) is 9.73. The van der Waals surface area contributed by atoms with E-state index in [2.05, 4.69) is 22.5 Å². The van der Waals surface area contributed by atoms with E-state index in [1.54, 1.807) is 13.8 Å². The highest BCUT2D eigenvalue weighted by Crippen LogP contribution is 2.54. The molecule has 1 heterocycles. The van der Waals surface area contributed by atoms with Gasteiger partial charge in [-0.05, 0) is 70.1 Å². The minimum Gasteiger partial charge on any atom is -0.170 e. The van der Waals surface area contributed by atoms with Gasteiger partial charge in [-0.15, -0.1) is 11.3 Å². The van der Waals surface area contributed by atoms with Crippen molar-refractivity contribution in [2.75, 3.05) is 0 Å². The third kappa shape index (κ3) is 4.44. The van der Waals surface area contributed by atoms with Gasteiger partial charge in [0.2, 0.25) is 0 Å². The van der Waals surface area contributed by atoms with Crippen molar-refractivity contribution in [1.82, 2.24) is 0 Å². The zero-order valence-corrected chi connectivity index (χ0v) is 20.2. The summed E-state index contributed by atoms with van der Waals surface area (Å²) in [4.78, 5) is 0.715. The Labute approximate surface area is 190 Å². The molecule has 0 nitrogen and oxygen atoms in total. The average Bonchev–Trinajstić information content (AvgIpc) is 2.94. The fourth-order valence-electron chi connectivity index (χ4n) is 3.32. The number of thiophene rings is 1. The van der Waals surface area contributed by atoms with Gasteiger partial charge < -0.3 is 0 Å². The first kappa shape index (κ1) is 24.1. The Morgan fingerprint density at radius 3 is 2.11 bits per heavy atom. The third-order valence-corrected chi connectivity index (χ3v) is 8.59. The molecule has 0 fully saturated rings. The van der Waals surface area contributed by atoms with Crippen molar-refractivity contribution in [2.45, 2.75) is 45.2 Å². The SMILES string of the molecule is C=C(CC(c1cc(Cl)c(Cl)c(Cl)c1)(C(C)CC)C(F)(F)F)c1cc(C)c(Br)s1. The summed E-state index contributed by atoms with van der Waals surface area (Å²) in [7, 11) is 0. The zero-order chi connectivity index (χ0) is 21.4. The first-order valence-corrected chi connectivity index (χ1v) is 11.2. The Morgan fingerprint density at radius 1 is 1.18 bits per heavy atom. The predicted molar refractivity (Wildman–Crippen MR) is 119 cm³/mol. The highest BCUT2D eigenvalue weighted by molar-refractivity contribution is 9.11. The highest BCUT2D eigenvalue weighted by atomic mass is 79.9. The second-order valence-corrected chi connectivity index (χ2v) is 10.4. The molecule has 2 rings (SSSR count). The van der Waals surface area contributed by atoms with E-state index in [1.165, 1.54) is 23.5 Å². The van der Waals surface area contributed by atoms with E-state index in [4.69, 9.17) is 34.8 Å². The number of rotatable bonds is 6. The molecule has 1 aromatic heterocycles. The number of hydrogen-bond acceptors (Lipinski definition) is 1. The van der Waals surface area contributed by atoms with Crippen LogP contribution in [0.1, 0.15) is 42.7 Å². The number of aryl methyl sites for hydroxylation is 1.